The van der Waals surface area contributed by atoms with Crippen LogP contribution in [0.25, 0.3) is 0 Å². The largest absolute Gasteiger partial charge is 0.355 e. The molecule has 5 nitrogen and oxygen atoms in total. The van der Waals surface area contributed by atoms with Gasteiger partial charge in [0.2, 0.25) is 0 Å². The summed E-state index contributed by atoms with van der Waals surface area (Å²) in [6, 6.07) is 5.75. The smallest absolute Gasteiger partial charge is 0.275 e. The molecule has 3 rings (SSSR count). The number of halogens is 1. The van der Waals surface area contributed by atoms with Crippen molar-refractivity contribution >= 4 is 17.4 Å². The van der Waals surface area contributed by atoms with Gasteiger partial charge in [0.15, 0.2) is 0 Å². The molecule has 0 radical (unpaired) electrons. The molecule has 0 aliphatic carbocycles. The number of amides is 1. The van der Waals surface area contributed by atoms with Crippen LogP contribution in [-0.2, 0) is 0 Å². The number of nitrogens with zero attached hydrogens (tertiary/aromatic N) is 3. The van der Waals surface area contributed by atoms with Gasteiger partial charge in [-0.2, -0.15) is 0 Å². The summed E-state index contributed by atoms with van der Waals surface area (Å²) in [6.45, 7) is 1.95. The first kappa shape index (κ1) is 15.4. The Morgan fingerprint density at radius 2 is 1.87 bits per heavy atom. The number of anilines is 2. The maximum Gasteiger partial charge on any atom is 0.275 e. The van der Waals surface area contributed by atoms with Gasteiger partial charge in [-0.25, -0.2) is 14.4 Å². The SMILES string of the molecule is O=C(Nc1cccc(F)c1)c1cnc(N2CCCCCC2)cn1. The lowest BCUT2D eigenvalue weighted by Crippen LogP contribution is -2.25. The van der Waals surface area contributed by atoms with E-state index in [4.69, 9.17) is 0 Å². The highest BCUT2D eigenvalue weighted by Gasteiger charge is 2.13. The van der Waals surface area contributed by atoms with Crippen LogP contribution in [0.2, 0.25) is 0 Å². The lowest BCUT2D eigenvalue weighted by Gasteiger charge is -2.20. The molecule has 2 aromatic rings. The van der Waals surface area contributed by atoms with Crippen LogP contribution in [0.5, 0.6) is 0 Å². The molecule has 0 spiro atoms. The zero-order chi connectivity index (χ0) is 16.1. The normalized spacial score (nSPS) is 15.1. The van der Waals surface area contributed by atoms with Crippen molar-refractivity contribution in [3.05, 3.63) is 48.2 Å². The third-order valence-corrected chi connectivity index (χ3v) is 3.88. The summed E-state index contributed by atoms with van der Waals surface area (Å²) >= 11 is 0. The third kappa shape index (κ3) is 4.03. The summed E-state index contributed by atoms with van der Waals surface area (Å²) < 4.78 is 13.1. The van der Waals surface area contributed by atoms with Gasteiger partial charge in [0.25, 0.3) is 5.91 Å². The number of carbonyl (C=O) groups excluding carboxylic acids is 1. The fourth-order valence-corrected chi connectivity index (χ4v) is 2.66. The van der Waals surface area contributed by atoms with Crippen molar-refractivity contribution in [3.63, 3.8) is 0 Å². The molecule has 1 saturated heterocycles. The lowest BCUT2D eigenvalue weighted by molar-refractivity contribution is 0.102. The van der Waals surface area contributed by atoms with E-state index in [1.54, 1.807) is 18.3 Å². The summed E-state index contributed by atoms with van der Waals surface area (Å²) in [5, 5.41) is 2.61. The maximum atomic E-state index is 13.1. The Kier molecular flexibility index (Phi) is 4.80. The van der Waals surface area contributed by atoms with Crippen molar-refractivity contribution in [1.82, 2.24) is 9.97 Å². The van der Waals surface area contributed by atoms with Crippen LogP contribution >= 0.6 is 0 Å². The van der Waals surface area contributed by atoms with E-state index >= 15 is 0 Å². The van der Waals surface area contributed by atoms with Crippen LogP contribution in [0, 0.1) is 5.82 Å². The predicted octanol–water partition coefficient (Wildman–Crippen LogP) is 3.25. The molecule has 1 fully saturated rings. The minimum absolute atomic E-state index is 0.216. The average Bonchev–Trinajstić information content (AvgIpc) is 2.84. The second-order valence-electron chi connectivity index (χ2n) is 5.63. The van der Waals surface area contributed by atoms with Gasteiger partial charge in [-0.3, -0.25) is 4.79 Å². The van der Waals surface area contributed by atoms with Crippen molar-refractivity contribution in [1.29, 1.82) is 0 Å². The molecular weight excluding hydrogens is 295 g/mol. The highest BCUT2D eigenvalue weighted by Crippen LogP contribution is 2.17. The highest BCUT2D eigenvalue weighted by atomic mass is 19.1. The van der Waals surface area contributed by atoms with E-state index in [1.165, 1.54) is 31.2 Å². The molecule has 23 heavy (non-hydrogen) atoms. The first-order valence-electron chi connectivity index (χ1n) is 7.86. The molecule has 1 amide bonds. The van der Waals surface area contributed by atoms with Crippen LogP contribution in [0.1, 0.15) is 36.2 Å². The van der Waals surface area contributed by atoms with Gasteiger partial charge in [0, 0.05) is 18.8 Å². The van der Waals surface area contributed by atoms with Gasteiger partial charge in [0.05, 0.1) is 12.4 Å². The van der Waals surface area contributed by atoms with Crippen molar-refractivity contribution in [2.45, 2.75) is 25.7 Å². The van der Waals surface area contributed by atoms with E-state index in [1.807, 2.05) is 0 Å². The Labute approximate surface area is 134 Å². The Bertz CT molecular complexity index is 667. The molecule has 0 unspecified atom stereocenters. The van der Waals surface area contributed by atoms with Gasteiger partial charge in [0.1, 0.15) is 17.3 Å². The molecule has 0 atom stereocenters. The summed E-state index contributed by atoms with van der Waals surface area (Å²) in [7, 11) is 0. The zero-order valence-electron chi connectivity index (χ0n) is 12.8. The first-order chi connectivity index (χ1) is 11.2. The lowest BCUT2D eigenvalue weighted by atomic mass is 10.2. The molecular formula is C17H19FN4O. The average molecular weight is 314 g/mol. The number of nitrogens with one attached hydrogen (secondary N) is 1. The van der Waals surface area contributed by atoms with Gasteiger partial charge in [-0.1, -0.05) is 18.9 Å². The Morgan fingerprint density at radius 3 is 2.52 bits per heavy atom. The molecule has 120 valence electrons. The molecule has 0 saturated carbocycles. The summed E-state index contributed by atoms with van der Waals surface area (Å²) in [4.78, 5) is 22.9. The third-order valence-electron chi connectivity index (χ3n) is 3.88. The second-order valence-corrected chi connectivity index (χ2v) is 5.63. The minimum atomic E-state index is -0.398. The number of hydrogen-bond acceptors (Lipinski definition) is 4. The maximum absolute atomic E-state index is 13.1. The summed E-state index contributed by atoms with van der Waals surface area (Å²) in [5.41, 5.74) is 0.612. The number of aromatic nitrogens is 2. The van der Waals surface area contributed by atoms with Crippen LogP contribution < -0.4 is 10.2 Å². The van der Waals surface area contributed by atoms with Gasteiger partial charge in [-0.15, -0.1) is 0 Å². The van der Waals surface area contributed by atoms with Crippen LogP contribution in [0.4, 0.5) is 15.9 Å². The fourth-order valence-electron chi connectivity index (χ4n) is 2.66. The van der Waals surface area contributed by atoms with Crippen molar-refractivity contribution < 1.29 is 9.18 Å². The van der Waals surface area contributed by atoms with Crippen LogP contribution in [0.3, 0.4) is 0 Å². The molecule has 2 heterocycles. The molecule has 1 aromatic carbocycles. The first-order valence-corrected chi connectivity index (χ1v) is 7.86. The van der Waals surface area contributed by atoms with E-state index in [0.717, 1.165) is 31.7 Å². The topological polar surface area (TPSA) is 58.1 Å². The number of rotatable bonds is 3. The molecule has 1 aliphatic rings. The van der Waals surface area contributed by atoms with Crippen LogP contribution in [0.15, 0.2) is 36.7 Å². The van der Waals surface area contributed by atoms with Gasteiger partial charge < -0.3 is 10.2 Å². The van der Waals surface area contributed by atoms with Gasteiger partial charge in [-0.05, 0) is 31.0 Å². The molecule has 0 bridgehead atoms. The number of carbonyl (C=O) groups is 1. The number of hydrogen-bond donors (Lipinski definition) is 1. The predicted molar refractivity (Wildman–Crippen MR) is 87.1 cm³/mol. The van der Waals surface area contributed by atoms with Gasteiger partial charge >= 0.3 is 0 Å². The van der Waals surface area contributed by atoms with E-state index in [0.29, 0.717) is 5.69 Å². The monoisotopic (exact) mass is 314 g/mol. The van der Waals surface area contributed by atoms with E-state index < -0.39 is 11.7 Å². The Hall–Kier alpha value is -2.50. The van der Waals surface area contributed by atoms with Crippen LogP contribution in [-0.4, -0.2) is 29.0 Å². The Balaban J connectivity index is 1.67. The van der Waals surface area contributed by atoms with E-state index in [2.05, 4.69) is 20.2 Å². The van der Waals surface area contributed by atoms with Crippen molar-refractivity contribution in [2.75, 3.05) is 23.3 Å². The molecule has 1 aromatic heterocycles. The standard InChI is InChI=1S/C17H19FN4O/c18-13-6-5-7-14(10-13)21-17(23)15-11-20-16(12-19-15)22-8-3-1-2-4-9-22/h5-7,10-12H,1-4,8-9H2,(H,21,23). The quantitative estimate of drug-likeness (QED) is 0.945. The van der Waals surface area contributed by atoms with Crippen molar-refractivity contribution in [3.8, 4) is 0 Å². The molecule has 1 aliphatic heterocycles. The summed E-state index contributed by atoms with van der Waals surface area (Å²) in [5.74, 6) is 0.00474. The van der Waals surface area contributed by atoms with Crippen molar-refractivity contribution in [2.24, 2.45) is 0 Å². The molecule has 6 heteroatoms. The number of benzene rings is 1. The highest BCUT2D eigenvalue weighted by molar-refractivity contribution is 6.02. The zero-order valence-corrected chi connectivity index (χ0v) is 12.8. The fraction of sp³-hybridized carbons (Fsp3) is 0.353. The van der Waals surface area contributed by atoms with E-state index in [-0.39, 0.29) is 5.69 Å². The minimum Gasteiger partial charge on any atom is -0.355 e. The Morgan fingerprint density at radius 1 is 1.09 bits per heavy atom. The molecule has 1 N–H and O–H groups in total. The second kappa shape index (κ2) is 7.17. The van der Waals surface area contributed by atoms with E-state index in [9.17, 15) is 9.18 Å². The summed E-state index contributed by atoms with van der Waals surface area (Å²) in [6.07, 6.45) is 7.91.